The number of hydrogen-bond acceptors (Lipinski definition) is 4. The van der Waals surface area contributed by atoms with E-state index in [0.717, 1.165) is 10.8 Å². The van der Waals surface area contributed by atoms with Crippen LogP contribution in [-0.4, -0.2) is 18.5 Å². The molecule has 3 rings (SSSR count). The minimum Gasteiger partial charge on any atom is -0.507 e. The van der Waals surface area contributed by atoms with E-state index in [4.69, 9.17) is 0 Å². The van der Waals surface area contributed by atoms with E-state index in [9.17, 15) is 13.5 Å². The summed E-state index contributed by atoms with van der Waals surface area (Å²) in [5.41, 5.74) is 0.443. The lowest BCUT2D eigenvalue weighted by atomic mass is 10.1. The Kier molecular flexibility index (Phi) is 3.23. The number of phenolic OH excluding ortho intramolecular Hbond substituents is 1. The van der Waals surface area contributed by atoms with Gasteiger partial charge in [-0.2, -0.15) is 0 Å². The maximum absolute atomic E-state index is 12.4. The van der Waals surface area contributed by atoms with Crippen molar-refractivity contribution in [1.82, 2.24) is 4.98 Å². The molecule has 1 heterocycles. The number of hydrogen-bond donors (Lipinski definition) is 2. The van der Waals surface area contributed by atoms with Crippen molar-refractivity contribution in [1.29, 1.82) is 0 Å². The van der Waals surface area contributed by atoms with E-state index >= 15 is 0 Å². The molecule has 0 spiro atoms. The minimum atomic E-state index is -3.86. The molecule has 3 aromatic rings. The smallest absolute Gasteiger partial charge is 0.265 e. The first-order valence-corrected chi connectivity index (χ1v) is 7.70. The SMILES string of the molecule is O=S(=O)(Nc1cccc2cnccc12)c1ccccc1O. The van der Waals surface area contributed by atoms with Gasteiger partial charge in [-0.15, -0.1) is 0 Å². The fraction of sp³-hybridized carbons (Fsp3) is 0. The second-order valence-corrected chi connectivity index (χ2v) is 6.13. The van der Waals surface area contributed by atoms with Gasteiger partial charge in [0.2, 0.25) is 0 Å². The van der Waals surface area contributed by atoms with Gasteiger partial charge in [0.1, 0.15) is 10.6 Å². The van der Waals surface area contributed by atoms with Gasteiger partial charge >= 0.3 is 0 Å². The summed E-state index contributed by atoms with van der Waals surface area (Å²) in [5.74, 6) is -0.285. The molecule has 0 atom stereocenters. The molecule has 0 aliphatic rings. The maximum atomic E-state index is 12.4. The number of rotatable bonds is 3. The minimum absolute atomic E-state index is 0.156. The molecule has 1 aromatic heterocycles. The highest BCUT2D eigenvalue weighted by Gasteiger charge is 2.18. The van der Waals surface area contributed by atoms with Crippen molar-refractivity contribution < 1.29 is 13.5 Å². The van der Waals surface area contributed by atoms with E-state index in [1.54, 1.807) is 42.7 Å². The molecule has 0 radical (unpaired) electrons. The van der Waals surface area contributed by atoms with E-state index in [1.165, 1.54) is 12.1 Å². The largest absolute Gasteiger partial charge is 0.507 e. The standard InChI is InChI=1S/C15H12N2O3S/c18-14-6-1-2-7-15(14)21(19,20)17-13-5-3-4-11-10-16-9-8-12(11)13/h1-10,17-18H. The Morgan fingerprint density at radius 1 is 1.00 bits per heavy atom. The van der Waals surface area contributed by atoms with Crippen LogP contribution in [0.25, 0.3) is 10.8 Å². The molecule has 21 heavy (non-hydrogen) atoms. The number of anilines is 1. The number of aromatic hydroxyl groups is 1. The number of sulfonamides is 1. The Morgan fingerprint density at radius 3 is 2.62 bits per heavy atom. The highest BCUT2D eigenvalue weighted by Crippen LogP contribution is 2.27. The van der Waals surface area contributed by atoms with Gasteiger partial charge in [0.25, 0.3) is 10.0 Å². The first-order valence-electron chi connectivity index (χ1n) is 6.21. The third kappa shape index (κ3) is 2.53. The second kappa shape index (κ2) is 5.06. The van der Waals surface area contributed by atoms with Crippen molar-refractivity contribution in [3.8, 4) is 5.75 Å². The highest BCUT2D eigenvalue weighted by molar-refractivity contribution is 7.92. The lowest BCUT2D eigenvalue weighted by molar-refractivity contribution is 0.459. The first kappa shape index (κ1) is 13.4. The van der Waals surface area contributed by atoms with Crippen LogP contribution in [0.15, 0.2) is 65.8 Å². The Labute approximate surface area is 121 Å². The van der Waals surface area contributed by atoms with Gasteiger partial charge in [-0.3, -0.25) is 9.71 Å². The lowest BCUT2D eigenvalue weighted by Crippen LogP contribution is -2.13. The Morgan fingerprint density at radius 2 is 1.81 bits per heavy atom. The Balaban J connectivity index is 2.08. The molecular weight excluding hydrogens is 288 g/mol. The summed E-state index contributed by atoms with van der Waals surface area (Å²) in [5, 5.41) is 11.3. The van der Waals surface area contributed by atoms with Crippen LogP contribution in [0.4, 0.5) is 5.69 Å². The van der Waals surface area contributed by atoms with Gasteiger partial charge in [-0.25, -0.2) is 8.42 Å². The summed E-state index contributed by atoms with van der Waals surface area (Å²) in [7, 11) is -3.86. The molecule has 0 fully saturated rings. The van der Waals surface area contributed by atoms with Gasteiger partial charge in [0.15, 0.2) is 0 Å². The highest BCUT2D eigenvalue weighted by atomic mass is 32.2. The summed E-state index contributed by atoms with van der Waals surface area (Å²) in [6.45, 7) is 0. The van der Waals surface area contributed by atoms with Gasteiger partial charge in [-0.1, -0.05) is 24.3 Å². The van der Waals surface area contributed by atoms with Gasteiger partial charge in [-0.05, 0) is 24.3 Å². The van der Waals surface area contributed by atoms with Crippen LogP contribution in [0.3, 0.4) is 0 Å². The summed E-state index contributed by atoms with van der Waals surface area (Å²) in [6.07, 6.45) is 3.26. The number of fused-ring (bicyclic) bond motifs is 1. The molecule has 0 unspecified atom stereocenters. The topological polar surface area (TPSA) is 79.3 Å². The van der Waals surface area contributed by atoms with E-state index in [2.05, 4.69) is 9.71 Å². The fourth-order valence-corrected chi connectivity index (χ4v) is 3.27. The maximum Gasteiger partial charge on any atom is 0.265 e. The van der Waals surface area contributed by atoms with E-state index in [1.807, 2.05) is 6.07 Å². The van der Waals surface area contributed by atoms with E-state index in [0.29, 0.717) is 5.69 Å². The third-order valence-corrected chi connectivity index (χ3v) is 4.49. The van der Waals surface area contributed by atoms with Crippen molar-refractivity contribution in [3.63, 3.8) is 0 Å². The number of phenols is 1. The molecule has 2 N–H and O–H groups in total. The van der Waals surface area contributed by atoms with Crippen molar-refractivity contribution in [3.05, 3.63) is 60.9 Å². The number of aromatic nitrogens is 1. The zero-order valence-corrected chi connectivity index (χ0v) is 11.7. The molecule has 2 aromatic carbocycles. The molecule has 0 aliphatic carbocycles. The average Bonchev–Trinajstić information content (AvgIpc) is 2.47. The van der Waals surface area contributed by atoms with Crippen LogP contribution in [0.2, 0.25) is 0 Å². The van der Waals surface area contributed by atoms with Gasteiger partial charge in [0.05, 0.1) is 5.69 Å². The quantitative estimate of drug-likeness (QED) is 0.779. The Bertz CT molecular complexity index is 902. The Hall–Kier alpha value is -2.60. The number of para-hydroxylation sites is 1. The van der Waals surface area contributed by atoms with E-state index in [-0.39, 0.29) is 10.6 Å². The normalized spacial score (nSPS) is 11.4. The van der Waals surface area contributed by atoms with Crippen LogP contribution >= 0.6 is 0 Å². The van der Waals surface area contributed by atoms with Crippen LogP contribution < -0.4 is 4.72 Å². The van der Waals surface area contributed by atoms with Crippen LogP contribution in [0, 0.1) is 0 Å². The molecule has 0 saturated heterocycles. The molecule has 5 nitrogen and oxygen atoms in total. The van der Waals surface area contributed by atoms with Crippen molar-refractivity contribution >= 4 is 26.5 Å². The van der Waals surface area contributed by atoms with E-state index < -0.39 is 10.0 Å². The predicted octanol–water partition coefficient (Wildman–Crippen LogP) is 2.74. The predicted molar refractivity (Wildman–Crippen MR) is 80.7 cm³/mol. The first-order chi connectivity index (χ1) is 10.1. The summed E-state index contributed by atoms with van der Waals surface area (Å²) >= 11 is 0. The van der Waals surface area contributed by atoms with Crippen molar-refractivity contribution in [2.75, 3.05) is 4.72 Å². The summed E-state index contributed by atoms with van der Waals surface area (Å²) in [4.78, 5) is 3.85. The number of pyridine rings is 1. The van der Waals surface area contributed by atoms with Gasteiger partial charge < -0.3 is 5.11 Å². The van der Waals surface area contributed by atoms with Gasteiger partial charge in [0, 0.05) is 23.2 Å². The zero-order chi connectivity index (χ0) is 14.9. The van der Waals surface area contributed by atoms with Crippen molar-refractivity contribution in [2.24, 2.45) is 0 Å². The van der Waals surface area contributed by atoms with Crippen molar-refractivity contribution in [2.45, 2.75) is 4.90 Å². The number of nitrogens with zero attached hydrogens (tertiary/aromatic N) is 1. The molecule has 0 saturated carbocycles. The van der Waals surface area contributed by atoms with Crippen LogP contribution in [0.1, 0.15) is 0 Å². The van der Waals surface area contributed by atoms with Crippen LogP contribution in [0.5, 0.6) is 5.75 Å². The number of nitrogens with one attached hydrogen (secondary N) is 1. The molecule has 0 amide bonds. The average molecular weight is 300 g/mol. The molecule has 0 aliphatic heterocycles. The summed E-state index contributed by atoms with van der Waals surface area (Å²) < 4.78 is 27.3. The monoisotopic (exact) mass is 300 g/mol. The second-order valence-electron chi connectivity index (χ2n) is 4.48. The molecule has 6 heteroatoms. The van der Waals surface area contributed by atoms with Crippen LogP contribution in [-0.2, 0) is 10.0 Å². The molecule has 0 bridgehead atoms. The molecule has 106 valence electrons. The third-order valence-electron chi connectivity index (χ3n) is 3.08. The lowest BCUT2D eigenvalue weighted by Gasteiger charge is -2.11. The number of benzene rings is 2. The fourth-order valence-electron chi connectivity index (χ4n) is 2.10. The summed E-state index contributed by atoms with van der Waals surface area (Å²) in [6, 6.07) is 12.8. The zero-order valence-electron chi connectivity index (χ0n) is 10.9. The molecular formula is C15H12N2O3S.